The smallest absolute Gasteiger partial charge is 0.253 e. The molecule has 0 aliphatic carbocycles. The Kier molecular flexibility index (Phi) is 6.59. The van der Waals surface area contributed by atoms with Crippen molar-refractivity contribution in [2.75, 3.05) is 32.6 Å². The summed E-state index contributed by atoms with van der Waals surface area (Å²) in [5.74, 6) is 0.00634. The van der Waals surface area contributed by atoms with E-state index >= 15 is 0 Å². The van der Waals surface area contributed by atoms with Gasteiger partial charge in [0.1, 0.15) is 5.82 Å². The molecule has 1 heterocycles. The van der Waals surface area contributed by atoms with Crippen LogP contribution >= 0.6 is 11.6 Å². The predicted octanol–water partition coefficient (Wildman–Crippen LogP) is 3.99. The van der Waals surface area contributed by atoms with Gasteiger partial charge < -0.3 is 19.7 Å². The number of amides is 2. The Hall–Kier alpha value is -2.80. The van der Waals surface area contributed by atoms with Crippen LogP contribution < -0.4 is 14.8 Å². The minimum atomic E-state index is -0.536. The Morgan fingerprint density at radius 2 is 1.76 bits per heavy atom. The van der Waals surface area contributed by atoms with E-state index in [4.69, 9.17) is 21.1 Å². The molecule has 0 aromatic heterocycles. The molecule has 1 aliphatic rings. The van der Waals surface area contributed by atoms with E-state index in [-0.39, 0.29) is 22.8 Å². The molecule has 0 unspecified atom stereocenters. The second kappa shape index (κ2) is 9.13. The van der Waals surface area contributed by atoms with Crippen LogP contribution in [0.4, 0.5) is 10.1 Å². The van der Waals surface area contributed by atoms with Crippen molar-refractivity contribution in [3.8, 4) is 11.5 Å². The van der Waals surface area contributed by atoms with E-state index in [0.717, 1.165) is 0 Å². The Bertz CT molecular complexity index is 914. The van der Waals surface area contributed by atoms with Gasteiger partial charge in [0.25, 0.3) is 5.91 Å². The summed E-state index contributed by atoms with van der Waals surface area (Å²) in [5.41, 5.74) is 0.955. The van der Waals surface area contributed by atoms with Gasteiger partial charge in [-0.15, -0.1) is 0 Å². The Labute approximate surface area is 173 Å². The lowest BCUT2D eigenvalue weighted by Gasteiger charge is -2.31. The highest BCUT2D eigenvalue weighted by molar-refractivity contribution is 6.31. The molecule has 0 spiro atoms. The number of nitrogens with one attached hydrogen (secondary N) is 1. The van der Waals surface area contributed by atoms with Crippen LogP contribution in [0.3, 0.4) is 0 Å². The summed E-state index contributed by atoms with van der Waals surface area (Å²) < 4.78 is 23.7. The van der Waals surface area contributed by atoms with Crippen LogP contribution in [0.15, 0.2) is 36.4 Å². The molecule has 154 valence electrons. The molecule has 0 saturated carbocycles. The number of likely N-dealkylation sites (tertiary alicyclic amines) is 1. The molecule has 6 nitrogen and oxygen atoms in total. The third-order valence-corrected chi connectivity index (χ3v) is 5.26. The van der Waals surface area contributed by atoms with Gasteiger partial charge in [-0.05, 0) is 49.2 Å². The number of hydrogen-bond donors (Lipinski definition) is 1. The molecule has 1 N–H and O–H groups in total. The fourth-order valence-electron chi connectivity index (χ4n) is 3.31. The van der Waals surface area contributed by atoms with Gasteiger partial charge in [0.15, 0.2) is 11.5 Å². The average Bonchev–Trinajstić information content (AvgIpc) is 2.75. The zero-order valence-electron chi connectivity index (χ0n) is 16.2. The fraction of sp³-hybridized carbons (Fsp3) is 0.333. The lowest BCUT2D eigenvalue weighted by molar-refractivity contribution is -0.121. The quantitative estimate of drug-likeness (QED) is 0.794. The van der Waals surface area contributed by atoms with Crippen LogP contribution in [0.2, 0.25) is 5.02 Å². The zero-order valence-corrected chi connectivity index (χ0v) is 17.0. The van der Waals surface area contributed by atoms with Crippen molar-refractivity contribution in [2.24, 2.45) is 5.92 Å². The minimum absolute atomic E-state index is 0.0434. The molecule has 2 amide bonds. The second-order valence-corrected chi connectivity index (χ2v) is 7.16. The van der Waals surface area contributed by atoms with Crippen molar-refractivity contribution in [3.63, 3.8) is 0 Å². The first-order valence-electron chi connectivity index (χ1n) is 9.20. The lowest BCUT2D eigenvalue weighted by Crippen LogP contribution is -2.41. The Morgan fingerprint density at radius 1 is 1.07 bits per heavy atom. The molecule has 0 radical (unpaired) electrons. The van der Waals surface area contributed by atoms with Crippen molar-refractivity contribution < 1.29 is 23.5 Å². The van der Waals surface area contributed by atoms with Gasteiger partial charge >= 0.3 is 0 Å². The topological polar surface area (TPSA) is 67.9 Å². The normalized spacial score (nSPS) is 14.4. The summed E-state index contributed by atoms with van der Waals surface area (Å²) in [6, 6.07) is 9.10. The standard InChI is InChI=1S/C21H22ClFN2O4/c1-28-18-6-3-14(11-19(18)29-2)21(27)25-9-7-13(8-10-25)20(26)24-15-4-5-17(23)16(22)12-15/h3-6,11-13H,7-10H2,1-2H3,(H,24,26). The number of nitrogens with zero attached hydrogens (tertiary/aromatic N) is 1. The lowest BCUT2D eigenvalue weighted by atomic mass is 9.95. The number of benzene rings is 2. The highest BCUT2D eigenvalue weighted by Crippen LogP contribution is 2.29. The molecule has 2 aromatic rings. The maximum absolute atomic E-state index is 13.2. The number of methoxy groups -OCH3 is 2. The second-order valence-electron chi connectivity index (χ2n) is 6.75. The van der Waals surface area contributed by atoms with Crippen LogP contribution in [0, 0.1) is 11.7 Å². The number of halogens is 2. The third-order valence-electron chi connectivity index (χ3n) is 4.97. The maximum atomic E-state index is 13.2. The molecule has 3 rings (SSSR count). The SMILES string of the molecule is COc1ccc(C(=O)N2CCC(C(=O)Nc3ccc(F)c(Cl)c3)CC2)cc1OC. The molecule has 0 atom stereocenters. The van der Waals surface area contributed by atoms with Crippen molar-refractivity contribution in [1.82, 2.24) is 4.90 Å². The minimum Gasteiger partial charge on any atom is -0.493 e. The van der Waals surface area contributed by atoms with Gasteiger partial charge in [0.2, 0.25) is 5.91 Å². The van der Waals surface area contributed by atoms with E-state index in [1.54, 1.807) is 23.1 Å². The van der Waals surface area contributed by atoms with Crippen LogP contribution in [0.1, 0.15) is 23.2 Å². The van der Waals surface area contributed by atoms with Gasteiger partial charge in [-0.1, -0.05) is 11.6 Å². The Morgan fingerprint density at radius 3 is 2.38 bits per heavy atom. The monoisotopic (exact) mass is 420 g/mol. The summed E-state index contributed by atoms with van der Waals surface area (Å²) in [6.07, 6.45) is 1.08. The van der Waals surface area contributed by atoms with E-state index < -0.39 is 5.82 Å². The summed E-state index contributed by atoms with van der Waals surface area (Å²) in [7, 11) is 3.06. The van der Waals surface area contributed by atoms with E-state index in [9.17, 15) is 14.0 Å². The number of rotatable bonds is 5. The summed E-state index contributed by atoms with van der Waals surface area (Å²) in [6.45, 7) is 0.935. The number of piperidine rings is 1. The molecule has 1 aliphatic heterocycles. The fourth-order valence-corrected chi connectivity index (χ4v) is 3.50. The van der Waals surface area contributed by atoms with Gasteiger partial charge in [0.05, 0.1) is 19.2 Å². The molecule has 1 saturated heterocycles. The molecule has 8 heteroatoms. The summed E-state index contributed by atoms with van der Waals surface area (Å²) in [5, 5.41) is 2.72. The van der Waals surface area contributed by atoms with Crippen LogP contribution in [0.5, 0.6) is 11.5 Å². The van der Waals surface area contributed by atoms with E-state index in [2.05, 4.69) is 5.32 Å². The van der Waals surface area contributed by atoms with Crippen LogP contribution in [-0.4, -0.2) is 44.0 Å². The van der Waals surface area contributed by atoms with Crippen LogP contribution in [-0.2, 0) is 4.79 Å². The highest BCUT2D eigenvalue weighted by Gasteiger charge is 2.28. The van der Waals surface area contributed by atoms with Gasteiger partial charge in [-0.3, -0.25) is 9.59 Å². The summed E-state index contributed by atoms with van der Waals surface area (Å²) in [4.78, 5) is 27.0. The first kappa shape index (κ1) is 20.9. The molecular weight excluding hydrogens is 399 g/mol. The van der Waals surface area contributed by atoms with Crippen molar-refractivity contribution in [2.45, 2.75) is 12.8 Å². The molecule has 1 fully saturated rings. The predicted molar refractivity (Wildman–Crippen MR) is 108 cm³/mol. The van der Waals surface area contributed by atoms with Gasteiger partial charge in [0, 0.05) is 30.3 Å². The molecular formula is C21H22ClFN2O4. The number of carbonyl (C=O) groups excluding carboxylic acids is 2. The van der Waals surface area contributed by atoms with Gasteiger partial charge in [-0.25, -0.2) is 4.39 Å². The molecule has 29 heavy (non-hydrogen) atoms. The number of ether oxygens (including phenoxy) is 2. The van der Waals surface area contributed by atoms with E-state index in [1.807, 2.05) is 0 Å². The number of carbonyl (C=O) groups is 2. The van der Waals surface area contributed by atoms with Crippen LogP contribution in [0.25, 0.3) is 0 Å². The summed E-state index contributed by atoms with van der Waals surface area (Å²) >= 11 is 5.75. The zero-order chi connectivity index (χ0) is 21.0. The Balaban J connectivity index is 1.59. The van der Waals surface area contributed by atoms with Crippen molar-refractivity contribution >= 4 is 29.1 Å². The average molecular weight is 421 g/mol. The third kappa shape index (κ3) is 4.79. The van der Waals surface area contributed by atoms with Crippen molar-refractivity contribution in [3.05, 3.63) is 52.8 Å². The highest BCUT2D eigenvalue weighted by atomic mass is 35.5. The van der Waals surface area contributed by atoms with E-state index in [0.29, 0.717) is 48.7 Å². The molecule has 2 aromatic carbocycles. The molecule has 0 bridgehead atoms. The van der Waals surface area contributed by atoms with Gasteiger partial charge in [-0.2, -0.15) is 0 Å². The maximum Gasteiger partial charge on any atom is 0.253 e. The first-order valence-corrected chi connectivity index (χ1v) is 9.58. The largest absolute Gasteiger partial charge is 0.493 e. The van der Waals surface area contributed by atoms with E-state index in [1.165, 1.54) is 32.4 Å². The first-order chi connectivity index (χ1) is 13.9. The number of hydrogen-bond acceptors (Lipinski definition) is 4. The number of anilines is 1. The van der Waals surface area contributed by atoms with Crippen molar-refractivity contribution in [1.29, 1.82) is 0 Å².